The molecular formula is C18H29NO2. The fraction of sp³-hybridized carbons (Fsp3) is 0.667. The van der Waals surface area contributed by atoms with E-state index < -0.39 is 0 Å². The fourth-order valence-corrected chi connectivity index (χ4v) is 2.54. The van der Waals surface area contributed by atoms with Crippen molar-refractivity contribution in [1.82, 2.24) is 5.32 Å². The monoisotopic (exact) mass is 291 g/mol. The van der Waals surface area contributed by atoms with E-state index in [0.717, 1.165) is 32.0 Å². The van der Waals surface area contributed by atoms with Crippen LogP contribution in [0.2, 0.25) is 0 Å². The Hall–Kier alpha value is -0.900. The molecule has 0 aliphatic heterocycles. The van der Waals surface area contributed by atoms with Gasteiger partial charge in [-0.15, -0.1) is 0 Å². The van der Waals surface area contributed by atoms with Crippen LogP contribution in [0.15, 0.2) is 24.3 Å². The first-order valence-corrected chi connectivity index (χ1v) is 8.14. The van der Waals surface area contributed by atoms with Crippen molar-refractivity contribution in [3.63, 3.8) is 0 Å². The second kappa shape index (κ2) is 9.19. The van der Waals surface area contributed by atoms with Gasteiger partial charge in [-0.1, -0.05) is 24.3 Å². The normalized spacial score (nSPS) is 16.1. The molecule has 1 aromatic carbocycles. The summed E-state index contributed by atoms with van der Waals surface area (Å²) in [5.41, 5.74) is 2.87. The highest BCUT2D eigenvalue weighted by atomic mass is 16.5. The molecule has 118 valence electrons. The smallest absolute Gasteiger partial charge is 0.0700 e. The van der Waals surface area contributed by atoms with Crippen molar-refractivity contribution < 1.29 is 9.47 Å². The van der Waals surface area contributed by atoms with Crippen LogP contribution in [0.4, 0.5) is 0 Å². The number of benzene rings is 1. The molecule has 1 unspecified atom stereocenters. The number of rotatable bonds is 11. The summed E-state index contributed by atoms with van der Waals surface area (Å²) in [6, 6.07) is 9.49. The van der Waals surface area contributed by atoms with Crippen LogP contribution < -0.4 is 5.32 Å². The van der Waals surface area contributed by atoms with E-state index in [2.05, 4.69) is 36.5 Å². The lowest BCUT2D eigenvalue weighted by Crippen LogP contribution is -2.27. The van der Waals surface area contributed by atoms with Gasteiger partial charge in [-0.05, 0) is 56.2 Å². The lowest BCUT2D eigenvalue weighted by atomic mass is 9.93. The van der Waals surface area contributed by atoms with E-state index in [9.17, 15) is 0 Å². The van der Waals surface area contributed by atoms with Gasteiger partial charge < -0.3 is 14.8 Å². The highest BCUT2D eigenvalue weighted by Crippen LogP contribution is 2.21. The quantitative estimate of drug-likeness (QED) is 0.636. The van der Waals surface area contributed by atoms with E-state index >= 15 is 0 Å². The van der Waals surface area contributed by atoms with Gasteiger partial charge in [0, 0.05) is 19.8 Å². The first-order valence-electron chi connectivity index (χ1n) is 8.14. The minimum Gasteiger partial charge on any atom is -0.382 e. The van der Waals surface area contributed by atoms with Gasteiger partial charge in [0.1, 0.15) is 0 Å². The molecule has 3 heteroatoms. The molecule has 1 N–H and O–H groups in total. The average Bonchev–Trinajstić information content (AvgIpc) is 3.30. The van der Waals surface area contributed by atoms with Crippen LogP contribution in [0.1, 0.15) is 30.4 Å². The van der Waals surface area contributed by atoms with E-state index in [1.54, 1.807) is 7.11 Å². The summed E-state index contributed by atoms with van der Waals surface area (Å²) in [5, 5.41) is 3.67. The van der Waals surface area contributed by atoms with Crippen molar-refractivity contribution in [2.75, 3.05) is 33.5 Å². The maximum atomic E-state index is 5.64. The van der Waals surface area contributed by atoms with Crippen LogP contribution in [-0.2, 0) is 15.9 Å². The second-order valence-electron chi connectivity index (χ2n) is 6.07. The van der Waals surface area contributed by atoms with Crippen LogP contribution in [0.3, 0.4) is 0 Å². The predicted molar refractivity (Wildman–Crippen MR) is 86.7 cm³/mol. The largest absolute Gasteiger partial charge is 0.382 e. The Morgan fingerprint density at radius 1 is 1.19 bits per heavy atom. The van der Waals surface area contributed by atoms with Crippen molar-refractivity contribution in [1.29, 1.82) is 0 Å². The molecule has 0 amide bonds. The third-order valence-electron chi connectivity index (χ3n) is 4.14. The van der Waals surface area contributed by atoms with Gasteiger partial charge in [0.05, 0.1) is 13.2 Å². The second-order valence-corrected chi connectivity index (χ2v) is 6.07. The van der Waals surface area contributed by atoms with Crippen molar-refractivity contribution in [2.45, 2.75) is 38.6 Å². The maximum absolute atomic E-state index is 5.64. The summed E-state index contributed by atoms with van der Waals surface area (Å²) in [7, 11) is 1.71. The molecular weight excluding hydrogens is 262 g/mol. The Balaban J connectivity index is 1.77. The fourth-order valence-electron chi connectivity index (χ4n) is 2.54. The zero-order valence-corrected chi connectivity index (χ0v) is 13.4. The minimum atomic E-state index is 0.647. The van der Waals surface area contributed by atoms with Crippen molar-refractivity contribution in [3.8, 4) is 0 Å². The summed E-state index contributed by atoms with van der Waals surface area (Å²) in [6.07, 6.45) is 4.95. The number of hydrogen-bond donors (Lipinski definition) is 1. The molecule has 1 aliphatic rings. The molecule has 2 rings (SSSR count). The third kappa shape index (κ3) is 6.60. The Morgan fingerprint density at radius 3 is 2.71 bits per heavy atom. The van der Waals surface area contributed by atoms with Crippen molar-refractivity contribution in [3.05, 3.63) is 35.4 Å². The van der Waals surface area contributed by atoms with Crippen LogP contribution in [0.25, 0.3) is 0 Å². The van der Waals surface area contributed by atoms with E-state index in [0.29, 0.717) is 19.1 Å². The maximum Gasteiger partial charge on any atom is 0.0700 e. The van der Waals surface area contributed by atoms with Crippen molar-refractivity contribution in [2.24, 2.45) is 5.92 Å². The Labute approximate surface area is 129 Å². The third-order valence-corrected chi connectivity index (χ3v) is 4.14. The molecule has 0 aromatic heterocycles. The van der Waals surface area contributed by atoms with Gasteiger partial charge in [-0.2, -0.15) is 0 Å². The predicted octanol–water partition coefficient (Wildman–Crippen LogP) is 2.96. The van der Waals surface area contributed by atoms with E-state index in [-0.39, 0.29) is 0 Å². The molecule has 1 fully saturated rings. The molecule has 0 bridgehead atoms. The van der Waals surface area contributed by atoms with E-state index in [1.165, 1.54) is 24.0 Å². The first-order chi connectivity index (χ1) is 10.3. The van der Waals surface area contributed by atoms with Crippen LogP contribution >= 0.6 is 0 Å². The standard InChI is InChI=1S/C18H29NO2/c1-15-5-3-4-6-17(15)13-16(14-19-18-7-8-18)9-10-21-12-11-20-2/h3-6,16,18-19H,7-14H2,1-2H3. The molecule has 0 heterocycles. The highest BCUT2D eigenvalue weighted by Gasteiger charge is 2.22. The minimum absolute atomic E-state index is 0.647. The topological polar surface area (TPSA) is 30.5 Å². The Bertz CT molecular complexity index is 404. The van der Waals surface area contributed by atoms with Gasteiger partial charge in [-0.25, -0.2) is 0 Å². The molecule has 1 aromatic rings. The zero-order chi connectivity index (χ0) is 14.9. The van der Waals surface area contributed by atoms with Gasteiger partial charge in [0.25, 0.3) is 0 Å². The Kier molecular flexibility index (Phi) is 7.20. The van der Waals surface area contributed by atoms with E-state index in [4.69, 9.17) is 9.47 Å². The van der Waals surface area contributed by atoms with E-state index in [1.807, 2.05) is 0 Å². The summed E-state index contributed by atoms with van der Waals surface area (Å²) >= 11 is 0. The summed E-state index contributed by atoms with van der Waals surface area (Å²) in [4.78, 5) is 0. The number of aryl methyl sites for hydroxylation is 1. The van der Waals surface area contributed by atoms with Crippen LogP contribution in [0.5, 0.6) is 0 Å². The lowest BCUT2D eigenvalue weighted by molar-refractivity contribution is 0.0636. The van der Waals surface area contributed by atoms with Gasteiger partial charge >= 0.3 is 0 Å². The molecule has 0 saturated heterocycles. The number of methoxy groups -OCH3 is 1. The number of ether oxygens (including phenoxy) is 2. The molecule has 1 aliphatic carbocycles. The first kappa shape index (κ1) is 16.5. The van der Waals surface area contributed by atoms with Crippen molar-refractivity contribution >= 4 is 0 Å². The molecule has 1 atom stereocenters. The average molecular weight is 291 g/mol. The molecule has 3 nitrogen and oxygen atoms in total. The summed E-state index contributed by atoms with van der Waals surface area (Å²) in [6.45, 7) is 5.51. The lowest BCUT2D eigenvalue weighted by Gasteiger charge is -2.19. The summed E-state index contributed by atoms with van der Waals surface area (Å²) in [5.74, 6) is 0.647. The Morgan fingerprint density at radius 2 is 2.00 bits per heavy atom. The molecule has 1 saturated carbocycles. The zero-order valence-electron chi connectivity index (χ0n) is 13.4. The molecule has 21 heavy (non-hydrogen) atoms. The van der Waals surface area contributed by atoms with Gasteiger partial charge in [0.15, 0.2) is 0 Å². The summed E-state index contributed by atoms with van der Waals surface area (Å²) < 4.78 is 10.7. The SMILES string of the molecule is COCCOCCC(CNC1CC1)Cc1ccccc1C. The van der Waals surface area contributed by atoms with Gasteiger partial charge in [0.2, 0.25) is 0 Å². The number of nitrogens with one attached hydrogen (secondary N) is 1. The highest BCUT2D eigenvalue weighted by molar-refractivity contribution is 5.26. The molecule has 0 radical (unpaired) electrons. The van der Waals surface area contributed by atoms with Gasteiger partial charge in [-0.3, -0.25) is 0 Å². The number of hydrogen-bond acceptors (Lipinski definition) is 3. The van der Waals surface area contributed by atoms with Crippen LogP contribution in [-0.4, -0.2) is 39.5 Å². The van der Waals surface area contributed by atoms with Crippen LogP contribution in [0, 0.1) is 12.8 Å². The molecule has 0 spiro atoms.